The summed E-state index contributed by atoms with van der Waals surface area (Å²) in [5, 5.41) is 4.53. The maximum atomic E-state index is 14.2. The number of carbonyl (C=O) groups excluding carboxylic acids is 1. The van der Waals surface area contributed by atoms with Crippen molar-refractivity contribution < 1.29 is 13.9 Å². The van der Waals surface area contributed by atoms with Gasteiger partial charge in [0, 0.05) is 18.7 Å². The highest BCUT2D eigenvalue weighted by atomic mass is 19.1. The van der Waals surface area contributed by atoms with Crippen molar-refractivity contribution in [1.82, 2.24) is 14.7 Å². The molecule has 132 valence electrons. The average molecular weight is 351 g/mol. The van der Waals surface area contributed by atoms with Gasteiger partial charge in [0.25, 0.3) is 5.91 Å². The van der Waals surface area contributed by atoms with E-state index >= 15 is 0 Å². The maximum absolute atomic E-state index is 14.2. The van der Waals surface area contributed by atoms with Crippen LogP contribution in [0.1, 0.15) is 10.5 Å². The molecule has 0 radical (unpaired) electrons. The molecule has 1 aromatic heterocycles. The van der Waals surface area contributed by atoms with Crippen LogP contribution in [0.25, 0.3) is 16.9 Å². The Morgan fingerprint density at radius 1 is 1.00 bits per heavy atom. The van der Waals surface area contributed by atoms with Gasteiger partial charge in [-0.1, -0.05) is 30.3 Å². The monoisotopic (exact) mass is 351 g/mol. The van der Waals surface area contributed by atoms with Gasteiger partial charge in [0.15, 0.2) is 0 Å². The lowest BCUT2D eigenvalue weighted by Gasteiger charge is -2.26. The van der Waals surface area contributed by atoms with E-state index in [0.717, 1.165) is 5.69 Å². The van der Waals surface area contributed by atoms with Crippen molar-refractivity contribution in [3.63, 3.8) is 0 Å². The van der Waals surface area contributed by atoms with E-state index in [1.54, 1.807) is 33.8 Å². The van der Waals surface area contributed by atoms with Gasteiger partial charge >= 0.3 is 0 Å². The van der Waals surface area contributed by atoms with Gasteiger partial charge in [0.05, 0.1) is 24.6 Å². The van der Waals surface area contributed by atoms with Gasteiger partial charge in [-0.15, -0.1) is 0 Å². The zero-order valence-electron chi connectivity index (χ0n) is 14.1. The summed E-state index contributed by atoms with van der Waals surface area (Å²) in [5.74, 6) is -0.497. The van der Waals surface area contributed by atoms with Crippen molar-refractivity contribution in [2.75, 3.05) is 26.3 Å². The van der Waals surface area contributed by atoms with E-state index in [0.29, 0.717) is 43.3 Å². The molecule has 3 aromatic rings. The minimum Gasteiger partial charge on any atom is -0.378 e. The first-order chi connectivity index (χ1) is 12.7. The van der Waals surface area contributed by atoms with Crippen molar-refractivity contribution in [2.24, 2.45) is 0 Å². The summed E-state index contributed by atoms with van der Waals surface area (Å²) in [6, 6.07) is 17.5. The smallest absolute Gasteiger partial charge is 0.272 e. The van der Waals surface area contributed by atoms with Crippen LogP contribution in [0.15, 0.2) is 60.7 Å². The molecular formula is C20H18FN3O2. The summed E-state index contributed by atoms with van der Waals surface area (Å²) >= 11 is 0. The quantitative estimate of drug-likeness (QED) is 0.728. The molecule has 4 rings (SSSR count). The maximum Gasteiger partial charge on any atom is 0.272 e. The topological polar surface area (TPSA) is 47.4 Å². The first kappa shape index (κ1) is 16.5. The van der Waals surface area contributed by atoms with Crippen LogP contribution in [0.3, 0.4) is 0 Å². The molecule has 1 saturated heterocycles. The lowest BCUT2D eigenvalue weighted by Crippen LogP contribution is -2.41. The van der Waals surface area contributed by atoms with Gasteiger partial charge in [-0.2, -0.15) is 5.10 Å². The fourth-order valence-electron chi connectivity index (χ4n) is 3.03. The van der Waals surface area contributed by atoms with Crippen LogP contribution >= 0.6 is 0 Å². The molecule has 0 bridgehead atoms. The summed E-state index contributed by atoms with van der Waals surface area (Å²) in [6.07, 6.45) is 0. The third kappa shape index (κ3) is 3.11. The highest BCUT2D eigenvalue weighted by Gasteiger charge is 2.24. The first-order valence-corrected chi connectivity index (χ1v) is 8.51. The van der Waals surface area contributed by atoms with E-state index in [-0.39, 0.29) is 11.7 Å². The number of amides is 1. The van der Waals surface area contributed by atoms with Crippen LogP contribution in [-0.4, -0.2) is 46.9 Å². The number of carbonyl (C=O) groups is 1. The number of nitrogens with zero attached hydrogens (tertiary/aromatic N) is 3. The largest absolute Gasteiger partial charge is 0.378 e. The molecule has 6 heteroatoms. The molecule has 1 aliphatic heterocycles. The zero-order valence-corrected chi connectivity index (χ0v) is 14.1. The van der Waals surface area contributed by atoms with E-state index in [9.17, 15) is 9.18 Å². The molecule has 2 heterocycles. The number of ether oxygens (including phenoxy) is 1. The van der Waals surface area contributed by atoms with E-state index in [4.69, 9.17) is 4.74 Å². The summed E-state index contributed by atoms with van der Waals surface area (Å²) in [4.78, 5) is 14.8. The molecular weight excluding hydrogens is 333 g/mol. The van der Waals surface area contributed by atoms with Crippen molar-refractivity contribution >= 4 is 5.91 Å². The van der Waals surface area contributed by atoms with Crippen LogP contribution in [0.2, 0.25) is 0 Å². The number of aromatic nitrogens is 2. The standard InChI is InChI=1S/C20H18FN3O2/c21-17-9-5-4-8-16(17)18-14-19(20(25)23-10-12-26-13-11-23)24(22-18)15-6-2-1-3-7-15/h1-9,14H,10-13H2. The minimum atomic E-state index is -0.365. The van der Waals surface area contributed by atoms with Crippen LogP contribution in [-0.2, 0) is 4.74 Å². The Balaban J connectivity index is 1.81. The predicted molar refractivity (Wildman–Crippen MR) is 95.7 cm³/mol. The second-order valence-electron chi connectivity index (χ2n) is 6.05. The SMILES string of the molecule is O=C(c1cc(-c2ccccc2F)nn1-c1ccccc1)N1CCOCC1. The third-order valence-electron chi connectivity index (χ3n) is 4.38. The van der Waals surface area contributed by atoms with Crippen LogP contribution < -0.4 is 0 Å². The van der Waals surface area contributed by atoms with Crippen molar-refractivity contribution in [3.05, 3.63) is 72.2 Å². The molecule has 0 unspecified atom stereocenters. The van der Waals surface area contributed by atoms with E-state index in [1.165, 1.54) is 6.07 Å². The first-order valence-electron chi connectivity index (χ1n) is 8.51. The Bertz CT molecular complexity index is 918. The molecule has 5 nitrogen and oxygen atoms in total. The average Bonchev–Trinajstić information content (AvgIpc) is 3.14. The lowest BCUT2D eigenvalue weighted by atomic mass is 10.1. The zero-order chi connectivity index (χ0) is 17.9. The van der Waals surface area contributed by atoms with Gasteiger partial charge in [0.2, 0.25) is 0 Å². The highest BCUT2D eigenvalue weighted by molar-refractivity contribution is 5.94. The number of benzene rings is 2. The molecule has 1 aliphatic rings. The fraction of sp³-hybridized carbons (Fsp3) is 0.200. The van der Waals surface area contributed by atoms with Gasteiger partial charge in [0.1, 0.15) is 11.5 Å². The number of morpholine rings is 1. The van der Waals surface area contributed by atoms with Gasteiger partial charge in [-0.25, -0.2) is 9.07 Å². The van der Waals surface area contributed by atoms with Crippen molar-refractivity contribution in [3.8, 4) is 16.9 Å². The highest BCUT2D eigenvalue weighted by Crippen LogP contribution is 2.25. The van der Waals surface area contributed by atoms with E-state index < -0.39 is 0 Å². The number of halogens is 1. The molecule has 1 amide bonds. The Labute approximate surface area is 150 Å². The van der Waals surface area contributed by atoms with Crippen molar-refractivity contribution in [1.29, 1.82) is 0 Å². The Morgan fingerprint density at radius 3 is 2.42 bits per heavy atom. The minimum absolute atomic E-state index is 0.132. The van der Waals surface area contributed by atoms with Gasteiger partial charge in [-0.3, -0.25) is 4.79 Å². The summed E-state index contributed by atoms with van der Waals surface area (Å²) < 4.78 is 21.1. The molecule has 2 aromatic carbocycles. The molecule has 0 atom stereocenters. The van der Waals surface area contributed by atoms with E-state index in [2.05, 4.69) is 5.10 Å². The molecule has 0 N–H and O–H groups in total. The van der Waals surface area contributed by atoms with Gasteiger partial charge < -0.3 is 9.64 Å². The van der Waals surface area contributed by atoms with Crippen LogP contribution in [0, 0.1) is 5.82 Å². The number of hydrogen-bond acceptors (Lipinski definition) is 3. The summed E-state index contributed by atoms with van der Waals surface area (Å²) in [6.45, 7) is 2.11. The Morgan fingerprint density at radius 2 is 1.69 bits per heavy atom. The predicted octanol–water partition coefficient (Wildman–Crippen LogP) is 3.15. The molecule has 0 spiro atoms. The van der Waals surface area contributed by atoms with E-state index in [1.807, 2.05) is 30.3 Å². The molecule has 0 aliphatic carbocycles. The van der Waals surface area contributed by atoms with Gasteiger partial charge in [-0.05, 0) is 30.3 Å². The number of hydrogen-bond donors (Lipinski definition) is 0. The normalized spacial score (nSPS) is 14.4. The number of para-hydroxylation sites is 1. The summed E-state index contributed by atoms with van der Waals surface area (Å²) in [5.41, 5.74) is 1.98. The Hall–Kier alpha value is -2.99. The second kappa shape index (κ2) is 7.09. The fourth-order valence-corrected chi connectivity index (χ4v) is 3.03. The van der Waals surface area contributed by atoms with Crippen LogP contribution in [0.5, 0.6) is 0 Å². The lowest BCUT2D eigenvalue weighted by molar-refractivity contribution is 0.0297. The Kier molecular flexibility index (Phi) is 4.50. The molecule has 0 saturated carbocycles. The molecule has 26 heavy (non-hydrogen) atoms. The van der Waals surface area contributed by atoms with Crippen LogP contribution in [0.4, 0.5) is 4.39 Å². The summed E-state index contributed by atoms with van der Waals surface area (Å²) in [7, 11) is 0. The number of rotatable bonds is 3. The van der Waals surface area contributed by atoms with Crippen molar-refractivity contribution in [2.45, 2.75) is 0 Å². The second-order valence-corrected chi connectivity index (χ2v) is 6.05. The molecule has 1 fully saturated rings. The third-order valence-corrected chi connectivity index (χ3v) is 4.38.